The Kier molecular flexibility index (Phi) is 4.39. The van der Waals surface area contributed by atoms with E-state index in [1.54, 1.807) is 29.1 Å². The van der Waals surface area contributed by atoms with Crippen molar-refractivity contribution >= 4 is 50.5 Å². The Hall–Kier alpha value is -3.88. The van der Waals surface area contributed by atoms with Gasteiger partial charge in [-0.05, 0) is 12.1 Å². The van der Waals surface area contributed by atoms with Gasteiger partial charge in [-0.1, -0.05) is 30.3 Å². The third-order valence-electron chi connectivity index (χ3n) is 5.61. The van der Waals surface area contributed by atoms with E-state index in [2.05, 4.69) is 10.3 Å². The maximum absolute atomic E-state index is 12.9. The fourth-order valence-corrected chi connectivity index (χ4v) is 4.26. The quantitative estimate of drug-likeness (QED) is 0.249. The second kappa shape index (κ2) is 7.12. The van der Waals surface area contributed by atoms with Gasteiger partial charge in [-0.2, -0.15) is 0 Å². The molecule has 0 saturated heterocycles. The molecule has 8 heteroatoms. The van der Waals surface area contributed by atoms with Gasteiger partial charge in [-0.15, -0.1) is 0 Å². The lowest BCUT2D eigenvalue weighted by Crippen LogP contribution is -2.22. The van der Waals surface area contributed by atoms with Gasteiger partial charge < -0.3 is 25.5 Å². The second-order valence-electron chi connectivity index (χ2n) is 7.56. The molecule has 6 N–H and O–H groups in total. The van der Waals surface area contributed by atoms with Crippen LogP contribution in [0.25, 0.3) is 33.0 Å². The van der Waals surface area contributed by atoms with E-state index in [1.807, 2.05) is 30.3 Å². The Morgan fingerprint density at radius 2 is 1.68 bits per heavy atom. The van der Waals surface area contributed by atoms with Gasteiger partial charge >= 0.3 is 0 Å². The Balaban J connectivity index is 1.81. The molecule has 0 radical (unpaired) electrons. The minimum Gasteiger partial charge on any atom is -0.397 e. The van der Waals surface area contributed by atoms with E-state index in [0.29, 0.717) is 27.7 Å². The van der Waals surface area contributed by atoms with Crippen LogP contribution in [0.1, 0.15) is 11.1 Å². The third-order valence-corrected chi connectivity index (χ3v) is 5.61. The third kappa shape index (κ3) is 2.92. The summed E-state index contributed by atoms with van der Waals surface area (Å²) >= 11 is 0. The topological polar surface area (TPSA) is 133 Å². The molecule has 1 aliphatic rings. The van der Waals surface area contributed by atoms with Gasteiger partial charge in [0.05, 0.1) is 41.6 Å². The number of nitrogens with zero attached hydrogens (tertiary/aromatic N) is 1. The lowest BCUT2D eigenvalue weighted by Gasteiger charge is -2.10. The van der Waals surface area contributed by atoms with Crippen LogP contribution in [0.4, 0.5) is 5.69 Å². The number of nitrogens with two attached hydrogens (primary N) is 1. The number of anilines is 1. The highest BCUT2D eigenvalue weighted by Crippen LogP contribution is 2.39. The average Bonchev–Trinajstić information content (AvgIpc) is 3.41. The molecular formula is C23H20N4O4. The molecule has 1 aliphatic heterocycles. The second-order valence-corrected chi connectivity index (χ2v) is 7.56. The number of H-pyrrole nitrogens is 1. The molecule has 1 atom stereocenters. The van der Waals surface area contributed by atoms with E-state index in [4.69, 9.17) is 5.73 Å². The number of nitrogen functional groups attached to an aromatic ring is 1. The molecule has 0 fully saturated rings. The first-order chi connectivity index (χ1) is 15.0. The number of fused-ring (bicyclic) bond motifs is 2. The van der Waals surface area contributed by atoms with Crippen LogP contribution in [0.5, 0.6) is 0 Å². The van der Waals surface area contributed by atoms with Crippen molar-refractivity contribution in [1.82, 2.24) is 14.9 Å². The van der Waals surface area contributed by atoms with E-state index >= 15 is 0 Å². The number of para-hydroxylation sites is 2. The van der Waals surface area contributed by atoms with Gasteiger partial charge in [0.15, 0.2) is 0 Å². The van der Waals surface area contributed by atoms with E-state index in [-0.39, 0.29) is 17.7 Å². The van der Waals surface area contributed by atoms with Gasteiger partial charge in [0, 0.05) is 39.8 Å². The zero-order valence-electron chi connectivity index (χ0n) is 16.4. The molecule has 0 spiro atoms. The first-order valence-electron chi connectivity index (χ1n) is 9.82. The number of aliphatic hydroxyl groups is 2. The highest BCUT2D eigenvalue weighted by Gasteiger charge is 2.35. The minimum absolute atomic E-state index is 0.0898. The van der Waals surface area contributed by atoms with Crippen molar-refractivity contribution in [3.63, 3.8) is 0 Å². The minimum atomic E-state index is -0.996. The number of carbonyl (C=O) groups excluding carboxylic acids is 2. The van der Waals surface area contributed by atoms with Crippen molar-refractivity contribution in [2.24, 2.45) is 0 Å². The van der Waals surface area contributed by atoms with Crippen molar-refractivity contribution in [2.45, 2.75) is 12.6 Å². The standard InChI is InChI=1S/C23H20N4O4/c24-17-6-3-5-14-16(10-27(21(14)17)9-12(29)11-28)20-19(22(30)26-23(20)31)15-8-25-18-7-2-1-4-13(15)18/h1-8,10,12,25,28-29H,9,11,24H2,(H,26,30,31). The van der Waals surface area contributed by atoms with Gasteiger partial charge in [0.25, 0.3) is 11.8 Å². The number of nitrogens with one attached hydrogen (secondary N) is 2. The van der Waals surface area contributed by atoms with E-state index in [9.17, 15) is 19.8 Å². The molecule has 0 saturated carbocycles. The van der Waals surface area contributed by atoms with Crippen molar-refractivity contribution in [2.75, 3.05) is 12.3 Å². The van der Waals surface area contributed by atoms with Crippen LogP contribution in [0.2, 0.25) is 0 Å². The summed E-state index contributed by atoms with van der Waals surface area (Å²) in [5.41, 5.74) is 9.86. The molecule has 4 aromatic rings. The maximum atomic E-state index is 12.9. The summed E-state index contributed by atoms with van der Waals surface area (Å²) in [6.07, 6.45) is 2.42. The summed E-state index contributed by atoms with van der Waals surface area (Å²) in [6, 6.07) is 12.9. The highest BCUT2D eigenvalue weighted by atomic mass is 16.3. The van der Waals surface area contributed by atoms with Gasteiger partial charge in [-0.3, -0.25) is 14.9 Å². The molecule has 5 rings (SSSR count). The van der Waals surface area contributed by atoms with E-state index in [1.165, 1.54) is 0 Å². The van der Waals surface area contributed by atoms with Crippen molar-refractivity contribution in [1.29, 1.82) is 0 Å². The fourth-order valence-electron chi connectivity index (χ4n) is 4.26. The normalized spacial score (nSPS) is 15.3. The zero-order valence-corrected chi connectivity index (χ0v) is 16.4. The first-order valence-corrected chi connectivity index (χ1v) is 9.82. The maximum Gasteiger partial charge on any atom is 0.259 e. The zero-order chi connectivity index (χ0) is 21.7. The number of hydrogen-bond donors (Lipinski definition) is 5. The lowest BCUT2D eigenvalue weighted by atomic mass is 9.95. The number of aliphatic hydroxyl groups excluding tert-OH is 2. The van der Waals surface area contributed by atoms with Gasteiger partial charge in [0.1, 0.15) is 0 Å². The van der Waals surface area contributed by atoms with Gasteiger partial charge in [0.2, 0.25) is 0 Å². The average molecular weight is 416 g/mol. The van der Waals surface area contributed by atoms with Crippen LogP contribution in [-0.4, -0.2) is 44.3 Å². The monoisotopic (exact) mass is 416 g/mol. The van der Waals surface area contributed by atoms with Crippen molar-refractivity contribution in [3.05, 3.63) is 66.0 Å². The summed E-state index contributed by atoms with van der Waals surface area (Å²) < 4.78 is 1.71. The molecule has 3 heterocycles. The Morgan fingerprint density at radius 3 is 2.45 bits per heavy atom. The molecule has 0 aliphatic carbocycles. The predicted molar refractivity (Wildman–Crippen MR) is 118 cm³/mol. The van der Waals surface area contributed by atoms with E-state index in [0.717, 1.165) is 10.9 Å². The summed E-state index contributed by atoms with van der Waals surface area (Å²) in [7, 11) is 0. The number of aromatic nitrogens is 2. The summed E-state index contributed by atoms with van der Waals surface area (Å²) in [4.78, 5) is 28.9. The number of amides is 2. The Labute approximate surface area is 176 Å². The first kappa shape index (κ1) is 19.1. The number of hydrogen-bond acceptors (Lipinski definition) is 5. The molecular weight excluding hydrogens is 396 g/mol. The van der Waals surface area contributed by atoms with Crippen LogP contribution >= 0.6 is 0 Å². The van der Waals surface area contributed by atoms with Crippen LogP contribution in [-0.2, 0) is 16.1 Å². The largest absolute Gasteiger partial charge is 0.397 e. The molecule has 2 aromatic carbocycles. The Bertz CT molecular complexity index is 1400. The number of rotatable bonds is 5. The van der Waals surface area contributed by atoms with Crippen molar-refractivity contribution in [3.8, 4) is 0 Å². The number of aromatic amines is 1. The lowest BCUT2D eigenvalue weighted by molar-refractivity contribution is -0.122. The van der Waals surface area contributed by atoms with Crippen LogP contribution in [0, 0.1) is 0 Å². The molecule has 2 amide bonds. The number of benzene rings is 2. The molecule has 0 bridgehead atoms. The Morgan fingerprint density at radius 1 is 0.968 bits per heavy atom. The molecule has 2 aromatic heterocycles. The summed E-state index contributed by atoms with van der Waals surface area (Å²) in [5.74, 6) is -0.959. The summed E-state index contributed by atoms with van der Waals surface area (Å²) in [5, 5.41) is 23.2. The van der Waals surface area contributed by atoms with Gasteiger partial charge in [-0.25, -0.2) is 0 Å². The van der Waals surface area contributed by atoms with E-state index < -0.39 is 24.5 Å². The highest BCUT2D eigenvalue weighted by molar-refractivity contribution is 6.50. The van der Waals surface area contributed by atoms with Crippen LogP contribution < -0.4 is 11.1 Å². The number of carbonyl (C=O) groups is 2. The van der Waals surface area contributed by atoms with Crippen LogP contribution in [0.15, 0.2) is 54.9 Å². The molecule has 156 valence electrons. The smallest absolute Gasteiger partial charge is 0.259 e. The predicted octanol–water partition coefficient (Wildman–Crippen LogP) is 1.63. The van der Waals surface area contributed by atoms with Crippen molar-refractivity contribution < 1.29 is 19.8 Å². The molecule has 31 heavy (non-hydrogen) atoms. The number of imide groups is 1. The van der Waals surface area contributed by atoms with Crippen LogP contribution in [0.3, 0.4) is 0 Å². The molecule has 1 unspecified atom stereocenters. The SMILES string of the molecule is Nc1cccc2c(C3=C(c4c[nH]c5ccccc45)C(=O)NC3=O)cn(CC(O)CO)c12. The fraction of sp³-hybridized carbons (Fsp3) is 0.130. The molecule has 8 nitrogen and oxygen atoms in total. The summed E-state index contributed by atoms with van der Waals surface area (Å²) in [6.45, 7) is -0.323.